The summed E-state index contributed by atoms with van der Waals surface area (Å²) in [4.78, 5) is 25.3. The van der Waals surface area contributed by atoms with Gasteiger partial charge < -0.3 is 19.2 Å². The molecule has 1 heterocycles. The molecule has 0 aliphatic heterocycles. The molecular formula is C25H31NO5. The Morgan fingerprint density at radius 3 is 2.42 bits per heavy atom. The predicted octanol–water partition coefficient (Wildman–Crippen LogP) is 4.46. The molecule has 4 bridgehead atoms. The van der Waals surface area contributed by atoms with E-state index in [0.717, 1.165) is 23.1 Å². The Morgan fingerprint density at radius 2 is 1.77 bits per heavy atom. The van der Waals surface area contributed by atoms with Crippen LogP contribution in [0.25, 0.3) is 11.0 Å². The van der Waals surface area contributed by atoms with Crippen molar-refractivity contribution in [3.63, 3.8) is 0 Å². The molecule has 0 unspecified atom stereocenters. The first kappa shape index (κ1) is 20.6. The van der Waals surface area contributed by atoms with Gasteiger partial charge in [0.15, 0.2) is 6.61 Å². The van der Waals surface area contributed by atoms with Crippen LogP contribution in [0.4, 0.5) is 0 Å². The number of rotatable bonds is 7. The Kier molecular flexibility index (Phi) is 5.29. The Balaban J connectivity index is 1.22. The molecule has 6 nitrogen and oxygen atoms in total. The number of furan rings is 1. The Hall–Kier alpha value is -2.34. The Labute approximate surface area is 182 Å². The predicted molar refractivity (Wildman–Crippen MR) is 115 cm³/mol. The zero-order valence-electron chi connectivity index (χ0n) is 18.3. The van der Waals surface area contributed by atoms with Gasteiger partial charge in [0.25, 0.3) is 5.91 Å². The molecule has 1 atom stereocenters. The van der Waals surface area contributed by atoms with E-state index in [-0.39, 0.29) is 36.3 Å². The Bertz CT molecular complexity index is 958. The highest BCUT2D eigenvalue weighted by atomic mass is 16.5. The van der Waals surface area contributed by atoms with Crippen molar-refractivity contribution in [2.75, 3.05) is 13.7 Å². The Morgan fingerprint density at radius 1 is 1.13 bits per heavy atom. The molecule has 1 amide bonds. The number of nitrogens with one attached hydrogen (secondary N) is 1. The van der Waals surface area contributed by atoms with E-state index >= 15 is 0 Å². The summed E-state index contributed by atoms with van der Waals surface area (Å²) in [5.74, 6) is 1.70. The number of esters is 1. The lowest BCUT2D eigenvalue weighted by Gasteiger charge is -2.59. The first-order chi connectivity index (χ1) is 15.0. The number of amides is 1. The van der Waals surface area contributed by atoms with E-state index in [4.69, 9.17) is 13.9 Å². The highest BCUT2D eigenvalue weighted by molar-refractivity contribution is 5.96. The summed E-state index contributed by atoms with van der Waals surface area (Å²) in [7, 11) is 1.57. The number of hydrogen-bond donors (Lipinski definition) is 1. The molecule has 166 valence electrons. The molecule has 2 aromatic rings. The van der Waals surface area contributed by atoms with Crippen LogP contribution in [-0.4, -0.2) is 31.6 Å². The van der Waals surface area contributed by atoms with Gasteiger partial charge in [-0.05, 0) is 74.7 Å². The average molecular weight is 426 g/mol. The van der Waals surface area contributed by atoms with Crippen molar-refractivity contribution < 1.29 is 23.5 Å². The smallest absolute Gasteiger partial charge is 0.375 e. The van der Waals surface area contributed by atoms with E-state index in [1.54, 1.807) is 13.2 Å². The maximum atomic E-state index is 12.7. The van der Waals surface area contributed by atoms with Gasteiger partial charge in [0.2, 0.25) is 5.76 Å². The van der Waals surface area contributed by atoms with E-state index in [2.05, 4.69) is 12.2 Å². The number of ether oxygens (including phenoxy) is 2. The molecule has 0 saturated heterocycles. The number of fused-ring (bicyclic) bond motifs is 1. The lowest BCUT2D eigenvalue weighted by Crippen LogP contribution is -2.56. The van der Waals surface area contributed by atoms with E-state index in [0.29, 0.717) is 11.1 Å². The average Bonchev–Trinajstić information content (AvgIpc) is 3.10. The van der Waals surface area contributed by atoms with Gasteiger partial charge in [-0.15, -0.1) is 0 Å². The monoisotopic (exact) mass is 425 g/mol. The van der Waals surface area contributed by atoms with Gasteiger partial charge in [0.05, 0.1) is 6.61 Å². The van der Waals surface area contributed by atoms with E-state index in [1.807, 2.05) is 18.2 Å². The summed E-state index contributed by atoms with van der Waals surface area (Å²) in [6.07, 6.45) is 7.79. The van der Waals surface area contributed by atoms with Crippen molar-refractivity contribution >= 4 is 22.8 Å². The van der Waals surface area contributed by atoms with Gasteiger partial charge in [0, 0.05) is 24.1 Å². The quantitative estimate of drug-likeness (QED) is 0.663. The summed E-state index contributed by atoms with van der Waals surface area (Å²) in [5.41, 5.74) is 1.46. The van der Waals surface area contributed by atoms with Gasteiger partial charge >= 0.3 is 5.97 Å². The summed E-state index contributed by atoms with van der Waals surface area (Å²) in [6.45, 7) is 2.05. The SMILES string of the molecule is COCc1c(C(=O)OCC(=O)N[C@@H](C)C23CC4CC(CC(C4)C2)C3)oc2ccccc12. The number of hydrogen-bond acceptors (Lipinski definition) is 5. The number of carbonyl (C=O) groups excluding carboxylic acids is 2. The van der Waals surface area contributed by atoms with E-state index < -0.39 is 5.97 Å². The molecule has 1 aromatic carbocycles. The van der Waals surface area contributed by atoms with Gasteiger partial charge in [-0.3, -0.25) is 4.79 Å². The molecule has 0 spiro atoms. The molecule has 1 aromatic heterocycles. The van der Waals surface area contributed by atoms with Crippen LogP contribution in [0, 0.1) is 23.2 Å². The van der Waals surface area contributed by atoms with Crippen molar-refractivity contribution in [3.05, 3.63) is 35.6 Å². The minimum Gasteiger partial charge on any atom is -0.450 e. The zero-order valence-corrected chi connectivity index (χ0v) is 18.3. The second-order valence-corrected chi connectivity index (χ2v) is 9.98. The van der Waals surface area contributed by atoms with Crippen LogP contribution in [0.15, 0.2) is 28.7 Å². The maximum Gasteiger partial charge on any atom is 0.375 e. The summed E-state index contributed by atoms with van der Waals surface area (Å²) in [5, 5.41) is 3.95. The minimum atomic E-state index is -0.638. The lowest BCUT2D eigenvalue weighted by atomic mass is 9.48. The van der Waals surface area contributed by atoms with Crippen molar-refractivity contribution in [2.24, 2.45) is 23.2 Å². The fraction of sp³-hybridized carbons (Fsp3) is 0.600. The van der Waals surface area contributed by atoms with Gasteiger partial charge in [-0.2, -0.15) is 0 Å². The third-order valence-electron chi connectivity index (χ3n) is 7.89. The molecule has 4 aliphatic rings. The van der Waals surface area contributed by atoms with Gasteiger partial charge in [0.1, 0.15) is 5.58 Å². The van der Waals surface area contributed by atoms with Crippen molar-refractivity contribution in [2.45, 2.75) is 58.1 Å². The molecule has 1 N–H and O–H groups in total. The molecular weight excluding hydrogens is 394 g/mol. The fourth-order valence-corrected chi connectivity index (χ4v) is 6.89. The number of benzene rings is 1. The topological polar surface area (TPSA) is 77.8 Å². The minimum absolute atomic E-state index is 0.0994. The molecule has 4 aliphatic carbocycles. The normalized spacial score (nSPS) is 29.8. The zero-order chi connectivity index (χ0) is 21.6. The first-order valence-corrected chi connectivity index (χ1v) is 11.4. The molecule has 0 radical (unpaired) electrons. The highest BCUT2D eigenvalue weighted by Gasteiger charge is 2.53. The third kappa shape index (κ3) is 3.75. The molecule has 6 heteroatoms. The summed E-state index contributed by atoms with van der Waals surface area (Å²) in [6, 6.07) is 7.50. The van der Waals surface area contributed by atoms with Crippen LogP contribution in [-0.2, 0) is 20.9 Å². The number of carbonyl (C=O) groups is 2. The van der Waals surface area contributed by atoms with Gasteiger partial charge in [-0.25, -0.2) is 4.79 Å². The van der Waals surface area contributed by atoms with Crippen LogP contribution in [0.5, 0.6) is 0 Å². The van der Waals surface area contributed by atoms with Crippen molar-refractivity contribution in [1.82, 2.24) is 5.32 Å². The molecule has 4 fully saturated rings. The second kappa shape index (κ2) is 7.97. The molecule has 31 heavy (non-hydrogen) atoms. The number of para-hydroxylation sites is 1. The maximum absolute atomic E-state index is 12.7. The lowest BCUT2D eigenvalue weighted by molar-refractivity contribution is -0.128. The highest BCUT2D eigenvalue weighted by Crippen LogP contribution is 2.61. The fourth-order valence-electron chi connectivity index (χ4n) is 6.89. The van der Waals surface area contributed by atoms with Crippen LogP contribution in [0.3, 0.4) is 0 Å². The van der Waals surface area contributed by atoms with Crippen LogP contribution in [0.2, 0.25) is 0 Å². The van der Waals surface area contributed by atoms with Gasteiger partial charge in [-0.1, -0.05) is 18.2 Å². The van der Waals surface area contributed by atoms with Crippen LogP contribution < -0.4 is 5.32 Å². The van der Waals surface area contributed by atoms with Crippen LogP contribution in [0.1, 0.15) is 61.6 Å². The van der Waals surface area contributed by atoms with E-state index in [9.17, 15) is 9.59 Å². The summed E-state index contributed by atoms with van der Waals surface area (Å²) < 4.78 is 16.3. The largest absolute Gasteiger partial charge is 0.450 e. The van der Waals surface area contributed by atoms with Crippen molar-refractivity contribution in [1.29, 1.82) is 0 Å². The molecule has 6 rings (SSSR count). The van der Waals surface area contributed by atoms with Crippen molar-refractivity contribution in [3.8, 4) is 0 Å². The summed E-state index contributed by atoms with van der Waals surface area (Å²) >= 11 is 0. The molecule has 4 saturated carbocycles. The second-order valence-electron chi connectivity index (χ2n) is 9.98. The first-order valence-electron chi connectivity index (χ1n) is 11.4. The van der Waals surface area contributed by atoms with Crippen LogP contribution >= 0.6 is 0 Å². The third-order valence-corrected chi connectivity index (χ3v) is 7.89. The number of methoxy groups -OCH3 is 1. The standard InChI is InChI=1S/C25H31NO5/c1-15(25-10-16-7-17(11-25)9-18(8-16)12-25)26-22(27)14-30-24(28)23-20(13-29-2)19-5-3-4-6-21(19)31-23/h3-6,15-18H,7-14H2,1-2H3,(H,26,27)/t15-,16?,17?,18?,25?/m0/s1. The van der Waals surface area contributed by atoms with E-state index in [1.165, 1.54) is 38.5 Å².